The summed E-state index contributed by atoms with van der Waals surface area (Å²) < 4.78 is 0. The third kappa shape index (κ3) is 2.29. The van der Waals surface area contributed by atoms with Crippen LogP contribution in [0.4, 0.5) is 5.69 Å². The van der Waals surface area contributed by atoms with Crippen molar-refractivity contribution in [2.24, 2.45) is 5.73 Å². The van der Waals surface area contributed by atoms with Crippen molar-refractivity contribution in [3.05, 3.63) is 11.9 Å². The molecule has 1 aromatic heterocycles. The lowest BCUT2D eigenvalue weighted by molar-refractivity contribution is -0.117. The van der Waals surface area contributed by atoms with Crippen LogP contribution in [-0.2, 0) is 4.79 Å². The maximum atomic E-state index is 11.3. The number of rotatable bonds is 3. The maximum Gasteiger partial charge on any atom is 0.241 e. The van der Waals surface area contributed by atoms with Gasteiger partial charge < -0.3 is 11.1 Å². The van der Waals surface area contributed by atoms with Crippen molar-refractivity contribution in [1.82, 2.24) is 10.2 Å². The number of amides is 1. The van der Waals surface area contributed by atoms with Gasteiger partial charge in [-0.05, 0) is 13.3 Å². The third-order valence-electron chi connectivity index (χ3n) is 1.86. The number of hydrogen-bond donors (Lipinski definition) is 3. The topological polar surface area (TPSA) is 83.8 Å². The second kappa shape index (κ2) is 4.04. The van der Waals surface area contributed by atoms with Crippen LogP contribution in [0, 0.1) is 6.92 Å². The Hall–Kier alpha value is -1.36. The quantitative estimate of drug-likeness (QED) is 0.632. The monoisotopic (exact) mass is 182 g/mol. The van der Waals surface area contributed by atoms with Crippen LogP contribution in [0.15, 0.2) is 6.20 Å². The molecule has 0 spiro atoms. The molecule has 0 saturated heterocycles. The molecule has 13 heavy (non-hydrogen) atoms. The fourth-order valence-corrected chi connectivity index (χ4v) is 0.888. The van der Waals surface area contributed by atoms with Crippen molar-refractivity contribution >= 4 is 11.6 Å². The van der Waals surface area contributed by atoms with Crippen LogP contribution in [0.5, 0.6) is 0 Å². The van der Waals surface area contributed by atoms with Gasteiger partial charge >= 0.3 is 0 Å². The van der Waals surface area contributed by atoms with Crippen LogP contribution < -0.4 is 11.1 Å². The molecule has 1 atom stereocenters. The lowest BCUT2D eigenvalue weighted by Gasteiger charge is -2.08. The zero-order chi connectivity index (χ0) is 9.84. The van der Waals surface area contributed by atoms with E-state index in [4.69, 9.17) is 5.73 Å². The van der Waals surface area contributed by atoms with Gasteiger partial charge in [-0.25, -0.2) is 0 Å². The fourth-order valence-electron chi connectivity index (χ4n) is 0.888. The highest BCUT2D eigenvalue weighted by Gasteiger charge is 2.12. The number of anilines is 1. The molecule has 4 N–H and O–H groups in total. The molecule has 1 unspecified atom stereocenters. The van der Waals surface area contributed by atoms with Crippen molar-refractivity contribution in [2.75, 3.05) is 5.32 Å². The summed E-state index contributed by atoms with van der Waals surface area (Å²) >= 11 is 0. The molecule has 0 fully saturated rings. The summed E-state index contributed by atoms with van der Waals surface area (Å²) in [5, 5.41) is 9.19. The summed E-state index contributed by atoms with van der Waals surface area (Å²) in [6.45, 7) is 3.70. The Morgan fingerprint density at radius 1 is 1.85 bits per heavy atom. The number of H-pyrrole nitrogens is 1. The highest BCUT2D eigenvalue weighted by atomic mass is 16.2. The Balaban J connectivity index is 2.60. The highest BCUT2D eigenvalue weighted by molar-refractivity contribution is 5.94. The van der Waals surface area contributed by atoms with Crippen molar-refractivity contribution in [2.45, 2.75) is 26.3 Å². The number of nitrogens with zero attached hydrogens (tertiary/aromatic N) is 1. The SMILES string of the molecule is CCC(N)C(=O)Nc1cn[nH]c1C. The van der Waals surface area contributed by atoms with Crippen molar-refractivity contribution in [3.8, 4) is 0 Å². The normalized spacial score (nSPS) is 12.5. The van der Waals surface area contributed by atoms with E-state index in [1.807, 2.05) is 13.8 Å². The standard InChI is InChI=1S/C8H14N4O/c1-3-6(9)8(13)11-7-4-10-12-5(7)2/h4,6H,3,9H2,1-2H3,(H,10,12)(H,11,13). The summed E-state index contributed by atoms with van der Waals surface area (Å²) in [7, 11) is 0. The van der Waals surface area contributed by atoms with Gasteiger partial charge in [0.05, 0.1) is 23.6 Å². The average molecular weight is 182 g/mol. The van der Waals surface area contributed by atoms with Crippen molar-refractivity contribution in [1.29, 1.82) is 0 Å². The zero-order valence-corrected chi connectivity index (χ0v) is 7.79. The first-order chi connectivity index (χ1) is 6.15. The number of aryl methyl sites for hydroxylation is 1. The first-order valence-electron chi connectivity index (χ1n) is 4.21. The fraction of sp³-hybridized carbons (Fsp3) is 0.500. The molecule has 0 aliphatic heterocycles. The molecular weight excluding hydrogens is 168 g/mol. The highest BCUT2D eigenvalue weighted by Crippen LogP contribution is 2.09. The molecule has 1 aromatic rings. The van der Waals surface area contributed by atoms with E-state index in [2.05, 4.69) is 15.5 Å². The predicted octanol–water partition coefficient (Wildman–Crippen LogP) is 0.394. The van der Waals surface area contributed by atoms with Gasteiger partial charge in [0.25, 0.3) is 0 Å². The molecule has 0 radical (unpaired) electrons. The number of aromatic nitrogens is 2. The van der Waals surface area contributed by atoms with Gasteiger partial charge in [0.15, 0.2) is 0 Å². The number of nitrogens with two attached hydrogens (primary N) is 1. The molecule has 0 saturated carbocycles. The lowest BCUT2D eigenvalue weighted by Crippen LogP contribution is -2.34. The van der Waals surface area contributed by atoms with E-state index < -0.39 is 6.04 Å². The Labute approximate surface area is 76.7 Å². The summed E-state index contributed by atoms with van der Waals surface area (Å²) in [6, 6.07) is -0.450. The second-order valence-corrected chi connectivity index (χ2v) is 2.91. The van der Waals surface area contributed by atoms with Gasteiger partial charge in [-0.1, -0.05) is 6.92 Å². The largest absolute Gasteiger partial charge is 0.322 e. The number of carbonyl (C=O) groups is 1. The number of nitrogens with one attached hydrogen (secondary N) is 2. The summed E-state index contributed by atoms with van der Waals surface area (Å²) in [4.78, 5) is 11.3. The Morgan fingerprint density at radius 2 is 2.54 bits per heavy atom. The Morgan fingerprint density at radius 3 is 3.00 bits per heavy atom. The number of carbonyl (C=O) groups excluding carboxylic acids is 1. The van der Waals surface area contributed by atoms with Crippen LogP contribution in [0.2, 0.25) is 0 Å². The minimum atomic E-state index is -0.450. The molecular formula is C8H14N4O. The van der Waals surface area contributed by atoms with E-state index in [0.717, 1.165) is 5.69 Å². The molecule has 1 rings (SSSR count). The summed E-state index contributed by atoms with van der Waals surface area (Å²) in [6.07, 6.45) is 2.19. The zero-order valence-electron chi connectivity index (χ0n) is 7.79. The number of aromatic amines is 1. The number of hydrogen-bond acceptors (Lipinski definition) is 3. The molecule has 0 aliphatic carbocycles. The first kappa shape index (κ1) is 9.73. The van der Waals surface area contributed by atoms with Gasteiger partial charge in [0.2, 0.25) is 5.91 Å². The smallest absolute Gasteiger partial charge is 0.241 e. The molecule has 5 nitrogen and oxygen atoms in total. The molecule has 1 heterocycles. The van der Waals surface area contributed by atoms with Crippen molar-refractivity contribution in [3.63, 3.8) is 0 Å². The van der Waals surface area contributed by atoms with E-state index in [1.165, 1.54) is 0 Å². The maximum absolute atomic E-state index is 11.3. The minimum Gasteiger partial charge on any atom is -0.322 e. The Kier molecular flexibility index (Phi) is 3.02. The second-order valence-electron chi connectivity index (χ2n) is 2.91. The van der Waals surface area contributed by atoms with Crippen LogP contribution in [0.1, 0.15) is 19.0 Å². The summed E-state index contributed by atoms with van der Waals surface area (Å²) in [5.74, 6) is -0.174. The third-order valence-corrected chi connectivity index (χ3v) is 1.86. The predicted molar refractivity (Wildman–Crippen MR) is 50.2 cm³/mol. The van der Waals surface area contributed by atoms with E-state index in [1.54, 1.807) is 6.20 Å². The molecule has 1 amide bonds. The van der Waals surface area contributed by atoms with E-state index in [-0.39, 0.29) is 5.91 Å². The summed E-state index contributed by atoms with van der Waals surface area (Å²) in [5.41, 5.74) is 7.06. The molecule has 0 aromatic carbocycles. The van der Waals surface area contributed by atoms with Crippen LogP contribution in [0.3, 0.4) is 0 Å². The molecule has 72 valence electrons. The minimum absolute atomic E-state index is 0.174. The Bertz CT molecular complexity index is 294. The van der Waals surface area contributed by atoms with Crippen LogP contribution in [0.25, 0.3) is 0 Å². The molecule has 0 bridgehead atoms. The first-order valence-corrected chi connectivity index (χ1v) is 4.21. The van der Waals surface area contributed by atoms with Gasteiger partial charge in [-0.15, -0.1) is 0 Å². The van der Waals surface area contributed by atoms with Crippen LogP contribution >= 0.6 is 0 Å². The van der Waals surface area contributed by atoms with E-state index in [9.17, 15) is 4.79 Å². The lowest BCUT2D eigenvalue weighted by atomic mass is 10.2. The van der Waals surface area contributed by atoms with Gasteiger partial charge in [-0.3, -0.25) is 9.89 Å². The molecule has 5 heteroatoms. The van der Waals surface area contributed by atoms with E-state index >= 15 is 0 Å². The van der Waals surface area contributed by atoms with Crippen molar-refractivity contribution < 1.29 is 4.79 Å². The van der Waals surface area contributed by atoms with Gasteiger partial charge in [0, 0.05) is 0 Å². The van der Waals surface area contributed by atoms with Gasteiger partial charge in [0.1, 0.15) is 0 Å². The van der Waals surface area contributed by atoms with E-state index in [0.29, 0.717) is 12.1 Å². The average Bonchev–Trinajstić information content (AvgIpc) is 2.50. The molecule has 0 aliphatic rings. The van der Waals surface area contributed by atoms with Crippen LogP contribution in [-0.4, -0.2) is 22.1 Å². The van der Waals surface area contributed by atoms with Gasteiger partial charge in [-0.2, -0.15) is 5.10 Å².